The standard InChI is InChI=1S/C15H19NO3.C2H6/c1-3-19-15(18)14-10-16(11(2)17)9-13(14)12-7-5-4-6-8-12;1-2/h4-8,13-14H,3,9-10H2,1-2H3;1-2H3/t13-,14+;/m0./s1. The second kappa shape index (κ2) is 8.45. The summed E-state index contributed by atoms with van der Waals surface area (Å²) in [5.74, 6) is -0.428. The molecule has 0 aromatic heterocycles. The Morgan fingerprint density at radius 2 is 1.81 bits per heavy atom. The molecule has 1 saturated heterocycles. The summed E-state index contributed by atoms with van der Waals surface area (Å²) in [4.78, 5) is 25.3. The van der Waals surface area contributed by atoms with Crippen molar-refractivity contribution in [3.8, 4) is 0 Å². The molecule has 1 heterocycles. The van der Waals surface area contributed by atoms with Gasteiger partial charge in [0, 0.05) is 25.9 Å². The maximum absolute atomic E-state index is 12.0. The number of likely N-dealkylation sites (tertiary alicyclic amines) is 1. The van der Waals surface area contributed by atoms with E-state index >= 15 is 0 Å². The average molecular weight is 291 g/mol. The molecule has 1 fully saturated rings. The molecule has 0 unspecified atom stereocenters. The minimum absolute atomic E-state index is 0.00716. The third kappa shape index (κ3) is 4.31. The van der Waals surface area contributed by atoms with Crippen LogP contribution < -0.4 is 0 Å². The molecule has 4 heteroatoms. The first-order valence-corrected chi connectivity index (χ1v) is 7.60. The summed E-state index contributed by atoms with van der Waals surface area (Å²) in [6, 6.07) is 9.85. The molecule has 21 heavy (non-hydrogen) atoms. The van der Waals surface area contributed by atoms with Gasteiger partial charge in [-0.25, -0.2) is 0 Å². The number of carbonyl (C=O) groups is 2. The maximum Gasteiger partial charge on any atom is 0.311 e. The Kier molecular flexibility index (Phi) is 6.92. The molecule has 0 aliphatic carbocycles. The predicted octanol–water partition coefficient (Wildman–Crippen LogP) is 2.84. The van der Waals surface area contributed by atoms with Crippen LogP contribution in [0.4, 0.5) is 0 Å². The molecule has 1 amide bonds. The van der Waals surface area contributed by atoms with Crippen LogP contribution in [0.1, 0.15) is 39.2 Å². The van der Waals surface area contributed by atoms with Gasteiger partial charge in [-0.15, -0.1) is 0 Å². The van der Waals surface area contributed by atoms with Crippen molar-refractivity contribution in [3.63, 3.8) is 0 Å². The fourth-order valence-corrected chi connectivity index (χ4v) is 2.59. The molecule has 0 N–H and O–H groups in total. The first-order chi connectivity index (χ1) is 10.1. The molecule has 2 rings (SSSR count). The molecule has 0 bridgehead atoms. The molecular weight excluding hydrogens is 266 g/mol. The highest BCUT2D eigenvalue weighted by Gasteiger charge is 2.40. The van der Waals surface area contributed by atoms with Crippen LogP contribution in [0.25, 0.3) is 0 Å². The van der Waals surface area contributed by atoms with Crippen LogP contribution in [0.15, 0.2) is 30.3 Å². The second-order valence-electron chi connectivity index (χ2n) is 4.80. The highest BCUT2D eigenvalue weighted by atomic mass is 16.5. The van der Waals surface area contributed by atoms with Crippen LogP contribution in [-0.4, -0.2) is 36.5 Å². The topological polar surface area (TPSA) is 46.6 Å². The van der Waals surface area contributed by atoms with Gasteiger partial charge in [-0.3, -0.25) is 9.59 Å². The van der Waals surface area contributed by atoms with E-state index in [9.17, 15) is 9.59 Å². The largest absolute Gasteiger partial charge is 0.466 e. The quantitative estimate of drug-likeness (QED) is 0.805. The SMILES string of the molecule is CC.CCOC(=O)[C@@H]1CN(C(C)=O)C[C@H]1c1ccccc1. The molecular formula is C17H25NO3. The summed E-state index contributed by atoms with van der Waals surface area (Å²) in [6.07, 6.45) is 0. The Morgan fingerprint density at radius 1 is 1.19 bits per heavy atom. The summed E-state index contributed by atoms with van der Waals surface area (Å²) < 4.78 is 5.13. The van der Waals surface area contributed by atoms with E-state index < -0.39 is 0 Å². The zero-order valence-corrected chi connectivity index (χ0v) is 13.3. The maximum atomic E-state index is 12.0. The van der Waals surface area contributed by atoms with Crippen molar-refractivity contribution in [2.45, 2.75) is 33.6 Å². The van der Waals surface area contributed by atoms with Crippen molar-refractivity contribution in [3.05, 3.63) is 35.9 Å². The van der Waals surface area contributed by atoms with Gasteiger partial charge in [-0.2, -0.15) is 0 Å². The Hall–Kier alpha value is -1.84. The van der Waals surface area contributed by atoms with E-state index in [-0.39, 0.29) is 23.7 Å². The lowest BCUT2D eigenvalue weighted by atomic mass is 9.89. The van der Waals surface area contributed by atoms with Gasteiger partial charge in [-0.1, -0.05) is 44.2 Å². The minimum atomic E-state index is -0.258. The summed E-state index contributed by atoms with van der Waals surface area (Å²) in [5.41, 5.74) is 1.09. The van der Waals surface area contributed by atoms with Gasteiger partial charge < -0.3 is 9.64 Å². The van der Waals surface area contributed by atoms with Crippen molar-refractivity contribution in [2.24, 2.45) is 5.92 Å². The molecule has 116 valence electrons. The van der Waals surface area contributed by atoms with E-state index in [4.69, 9.17) is 4.74 Å². The molecule has 4 nitrogen and oxygen atoms in total. The zero-order valence-electron chi connectivity index (χ0n) is 13.3. The first-order valence-electron chi connectivity index (χ1n) is 7.60. The average Bonchev–Trinajstić information content (AvgIpc) is 2.96. The highest BCUT2D eigenvalue weighted by Crippen LogP contribution is 2.33. The zero-order chi connectivity index (χ0) is 15.8. The number of hydrogen-bond donors (Lipinski definition) is 0. The molecule has 1 aliphatic heterocycles. The molecule has 1 aliphatic rings. The van der Waals surface area contributed by atoms with Gasteiger partial charge in [0.15, 0.2) is 0 Å². The number of benzene rings is 1. The summed E-state index contributed by atoms with van der Waals surface area (Å²) in [7, 11) is 0. The van der Waals surface area contributed by atoms with Crippen LogP contribution in [-0.2, 0) is 14.3 Å². The molecule has 1 aromatic carbocycles. The second-order valence-corrected chi connectivity index (χ2v) is 4.80. The number of rotatable bonds is 3. The van der Waals surface area contributed by atoms with E-state index in [1.807, 2.05) is 44.2 Å². The van der Waals surface area contributed by atoms with Gasteiger partial charge in [0.2, 0.25) is 5.91 Å². The van der Waals surface area contributed by atoms with Gasteiger partial charge in [0.25, 0.3) is 0 Å². The number of ether oxygens (including phenoxy) is 1. The number of carbonyl (C=O) groups excluding carboxylic acids is 2. The van der Waals surface area contributed by atoms with Crippen molar-refractivity contribution in [1.82, 2.24) is 4.90 Å². The Labute approximate surface area is 127 Å². The number of esters is 1. The lowest BCUT2D eigenvalue weighted by molar-refractivity contribution is -0.148. The van der Waals surface area contributed by atoms with Crippen molar-refractivity contribution >= 4 is 11.9 Å². The number of amides is 1. The van der Waals surface area contributed by atoms with E-state index in [0.29, 0.717) is 19.7 Å². The smallest absolute Gasteiger partial charge is 0.311 e. The monoisotopic (exact) mass is 291 g/mol. The highest BCUT2D eigenvalue weighted by molar-refractivity contribution is 5.79. The van der Waals surface area contributed by atoms with Crippen LogP contribution in [0.5, 0.6) is 0 Å². The predicted molar refractivity (Wildman–Crippen MR) is 82.9 cm³/mol. The minimum Gasteiger partial charge on any atom is -0.466 e. The molecule has 1 aromatic rings. The summed E-state index contributed by atoms with van der Waals surface area (Å²) >= 11 is 0. The summed E-state index contributed by atoms with van der Waals surface area (Å²) in [5, 5.41) is 0. The van der Waals surface area contributed by atoms with Crippen LogP contribution in [0, 0.1) is 5.92 Å². The number of nitrogens with zero attached hydrogens (tertiary/aromatic N) is 1. The third-order valence-corrected chi connectivity index (χ3v) is 3.58. The van der Waals surface area contributed by atoms with Crippen molar-refractivity contribution in [2.75, 3.05) is 19.7 Å². The van der Waals surface area contributed by atoms with E-state index in [1.54, 1.807) is 11.8 Å². The van der Waals surface area contributed by atoms with Crippen LogP contribution >= 0.6 is 0 Å². The third-order valence-electron chi connectivity index (χ3n) is 3.58. The number of hydrogen-bond acceptors (Lipinski definition) is 3. The Bertz CT molecular complexity index is 458. The van der Waals surface area contributed by atoms with Crippen molar-refractivity contribution in [1.29, 1.82) is 0 Å². The molecule has 2 atom stereocenters. The Morgan fingerprint density at radius 3 is 2.33 bits per heavy atom. The first kappa shape index (κ1) is 17.2. The molecule has 0 saturated carbocycles. The Balaban J connectivity index is 0.00000106. The van der Waals surface area contributed by atoms with E-state index in [1.165, 1.54) is 6.92 Å². The van der Waals surface area contributed by atoms with Crippen molar-refractivity contribution < 1.29 is 14.3 Å². The van der Waals surface area contributed by atoms with Gasteiger partial charge in [-0.05, 0) is 12.5 Å². The lowest BCUT2D eigenvalue weighted by Gasteiger charge is -2.16. The van der Waals surface area contributed by atoms with Gasteiger partial charge in [0.1, 0.15) is 0 Å². The van der Waals surface area contributed by atoms with Gasteiger partial charge >= 0.3 is 5.97 Å². The molecule has 0 radical (unpaired) electrons. The van der Waals surface area contributed by atoms with Gasteiger partial charge in [0.05, 0.1) is 12.5 Å². The van der Waals surface area contributed by atoms with E-state index in [2.05, 4.69) is 0 Å². The van der Waals surface area contributed by atoms with Crippen LogP contribution in [0.2, 0.25) is 0 Å². The normalized spacial score (nSPS) is 20.5. The summed E-state index contributed by atoms with van der Waals surface area (Å²) in [6.45, 7) is 8.75. The molecule has 0 spiro atoms. The fraction of sp³-hybridized carbons (Fsp3) is 0.529. The van der Waals surface area contributed by atoms with Crippen LogP contribution in [0.3, 0.4) is 0 Å². The lowest BCUT2D eigenvalue weighted by Crippen LogP contribution is -2.28. The van der Waals surface area contributed by atoms with E-state index in [0.717, 1.165) is 5.56 Å². The fourth-order valence-electron chi connectivity index (χ4n) is 2.59.